The molecule has 1 heterocycles. The largest absolute Gasteiger partial charge is 0.454 e. The van der Waals surface area contributed by atoms with Crippen LogP contribution in [0.3, 0.4) is 0 Å². The number of carbonyl (C=O) groups excluding carboxylic acids is 4. The zero-order valence-electron chi connectivity index (χ0n) is 23.2. The van der Waals surface area contributed by atoms with Crippen LogP contribution in [0.25, 0.3) is 0 Å². The summed E-state index contributed by atoms with van der Waals surface area (Å²) in [4.78, 5) is 51.8. The molecule has 3 aromatic carbocycles. The zero-order valence-corrected chi connectivity index (χ0v) is 24.7. The molecule has 0 unspecified atom stereocenters. The number of halogens is 2. The standard InChI is InChI=1S/C34H31Cl2NO5/c1-2-26(30(39)21-13-5-3-6-14-21)42-27(38)19-7-4-12-20-37-31(40)28-29(32(37)41)34(36)23-16-9-8-15-22(23)33(28,35)24-17-10-11-18-25(24)34/h3,5-6,8-11,13-18,26,28-29H,2,4,7,12,19-20H2,1H3/t26-,28-,29+,33?,34?/m1/s1. The predicted molar refractivity (Wildman–Crippen MR) is 159 cm³/mol. The fraction of sp³-hybridized carbons (Fsp3) is 0.353. The Balaban J connectivity index is 1.10. The quantitative estimate of drug-likeness (QED) is 0.0887. The maximum Gasteiger partial charge on any atom is 0.306 e. The number of unbranched alkanes of at least 4 members (excludes halogenated alkanes) is 2. The van der Waals surface area contributed by atoms with E-state index in [4.69, 9.17) is 27.9 Å². The van der Waals surface area contributed by atoms with Crippen molar-refractivity contribution in [3.63, 3.8) is 0 Å². The van der Waals surface area contributed by atoms with Crippen molar-refractivity contribution in [1.82, 2.24) is 4.90 Å². The molecule has 0 spiro atoms. The average molecular weight is 605 g/mol. The van der Waals surface area contributed by atoms with Crippen LogP contribution in [0, 0.1) is 11.8 Å². The van der Waals surface area contributed by atoms with Gasteiger partial charge in [0.25, 0.3) is 0 Å². The number of amides is 2. The first-order valence-corrected chi connectivity index (χ1v) is 15.2. The van der Waals surface area contributed by atoms with Crippen LogP contribution in [0.2, 0.25) is 0 Å². The molecular formula is C34H31Cl2NO5. The number of Topliss-reactive ketones (excluding diaryl/α,β-unsaturated/α-hetero) is 1. The molecule has 216 valence electrons. The molecule has 1 fully saturated rings. The van der Waals surface area contributed by atoms with Crippen molar-refractivity contribution >= 4 is 46.8 Å². The van der Waals surface area contributed by atoms with Crippen LogP contribution in [-0.4, -0.2) is 41.1 Å². The van der Waals surface area contributed by atoms with E-state index < -0.39 is 33.7 Å². The minimum Gasteiger partial charge on any atom is -0.454 e. The monoisotopic (exact) mass is 603 g/mol. The summed E-state index contributed by atoms with van der Waals surface area (Å²) in [5.41, 5.74) is 3.62. The Bertz CT molecular complexity index is 1450. The molecule has 42 heavy (non-hydrogen) atoms. The second-order valence-electron chi connectivity index (χ2n) is 11.2. The lowest BCUT2D eigenvalue weighted by Gasteiger charge is -2.54. The number of ketones is 1. The first-order chi connectivity index (χ1) is 20.2. The first kappa shape index (κ1) is 28.6. The van der Waals surface area contributed by atoms with Crippen LogP contribution in [0.1, 0.15) is 71.6 Å². The number of likely N-dealkylation sites (tertiary alicyclic amines) is 1. The Kier molecular flexibility index (Phi) is 7.48. The second-order valence-corrected chi connectivity index (χ2v) is 12.4. The van der Waals surface area contributed by atoms with Crippen LogP contribution in [0.4, 0.5) is 0 Å². The Morgan fingerprint density at radius 1 is 0.762 bits per heavy atom. The number of hydrogen-bond donors (Lipinski definition) is 0. The molecule has 1 saturated heterocycles. The van der Waals surface area contributed by atoms with E-state index in [2.05, 4.69) is 0 Å². The van der Waals surface area contributed by atoms with E-state index >= 15 is 0 Å². The summed E-state index contributed by atoms with van der Waals surface area (Å²) >= 11 is 14.9. The van der Waals surface area contributed by atoms with E-state index in [-0.39, 0.29) is 30.6 Å². The van der Waals surface area contributed by atoms with Gasteiger partial charge in [-0.1, -0.05) is 92.2 Å². The van der Waals surface area contributed by atoms with Gasteiger partial charge in [-0.25, -0.2) is 0 Å². The number of ether oxygens (including phenoxy) is 1. The molecule has 3 aliphatic carbocycles. The van der Waals surface area contributed by atoms with E-state index in [0.29, 0.717) is 31.2 Å². The van der Waals surface area contributed by atoms with Crippen LogP contribution in [0.5, 0.6) is 0 Å². The third-order valence-electron chi connectivity index (χ3n) is 8.93. The highest BCUT2D eigenvalue weighted by atomic mass is 35.5. The van der Waals surface area contributed by atoms with Crippen molar-refractivity contribution in [3.05, 3.63) is 107 Å². The van der Waals surface area contributed by atoms with Crippen molar-refractivity contribution in [2.75, 3.05) is 6.54 Å². The van der Waals surface area contributed by atoms with Gasteiger partial charge in [-0.05, 0) is 41.5 Å². The van der Waals surface area contributed by atoms with Crippen LogP contribution >= 0.6 is 23.2 Å². The molecule has 3 aromatic rings. The highest BCUT2D eigenvalue weighted by molar-refractivity contribution is 6.36. The maximum absolute atomic E-state index is 13.9. The van der Waals surface area contributed by atoms with Gasteiger partial charge in [0.05, 0.1) is 11.8 Å². The SMILES string of the molecule is CC[C@@H](OC(=O)CCCCCN1C(=O)[C@@H]2[C@H](C1=O)C1(Cl)c3ccccc3C2(Cl)c2ccccc21)C(=O)c1ccccc1. The van der Waals surface area contributed by atoms with Gasteiger partial charge in [0.1, 0.15) is 9.75 Å². The normalized spacial score (nSPS) is 25.9. The molecule has 6 nitrogen and oxygen atoms in total. The van der Waals surface area contributed by atoms with Crippen LogP contribution < -0.4 is 0 Å². The van der Waals surface area contributed by atoms with Crippen molar-refractivity contribution < 1.29 is 23.9 Å². The highest BCUT2D eigenvalue weighted by Crippen LogP contribution is 2.69. The van der Waals surface area contributed by atoms with E-state index in [9.17, 15) is 19.2 Å². The number of imide groups is 1. The molecule has 3 atom stereocenters. The third kappa shape index (κ3) is 4.22. The summed E-state index contributed by atoms with van der Waals surface area (Å²) in [6.07, 6.45) is 1.34. The van der Waals surface area contributed by atoms with Gasteiger partial charge in [-0.3, -0.25) is 24.1 Å². The summed E-state index contributed by atoms with van der Waals surface area (Å²) in [5.74, 6) is -2.89. The number of hydrogen-bond acceptors (Lipinski definition) is 5. The Hall–Kier alpha value is -3.48. The summed E-state index contributed by atoms with van der Waals surface area (Å²) in [5, 5.41) is 0. The average Bonchev–Trinajstić information content (AvgIpc) is 3.28. The van der Waals surface area contributed by atoms with Gasteiger partial charge >= 0.3 is 5.97 Å². The molecule has 2 bridgehead atoms. The number of benzene rings is 3. The topological polar surface area (TPSA) is 80.8 Å². The third-order valence-corrected chi connectivity index (χ3v) is 10.2. The van der Waals surface area contributed by atoms with Gasteiger partial charge in [0.2, 0.25) is 17.6 Å². The Morgan fingerprint density at radius 2 is 1.24 bits per heavy atom. The molecule has 1 aliphatic heterocycles. The van der Waals surface area contributed by atoms with Crippen molar-refractivity contribution in [1.29, 1.82) is 0 Å². The number of rotatable bonds is 10. The zero-order chi connectivity index (χ0) is 29.6. The molecule has 7 rings (SSSR count). The number of esters is 1. The van der Waals surface area contributed by atoms with Crippen molar-refractivity contribution in [2.24, 2.45) is 11.8 Å². The molecule has 2 amide bonds. The molecular weight excluding hydrogens is 573 g/mol. The second kappa shape index (κ2) is 11.0. The summed E-state index contributed by atoms with van der Waals surface area (Å²) in [6, 6.07) is 23.9. The smallest absolute Gasteiger partial charge is 0.306 e. The Labute approximate surface area is 254 Å². The van der Waals surface area contributed by atoms with Gasteiger partial charge < -0.3 is 4.74 Å². The molecule has 0 N–H and O–H groups in total. The van der Waals surface area contributed by atoms with Crippen LogP contribution in [-0.2, 0) is 28.9 Å². The lowest BCUT2D eigenvalue weighted by atomic mass is 9.54. The van der Waals surface area contributed by atoms with E-state index in [1.807, 2.05) is 54.6 Å². The fourth-order valence-electron chi connectivity index (χ4n) is 6.99. The van der Waals surface area contributed by atoms with Crippen molar-refractivity contribution in [3.8, 4) is 0 Å². The molecule has 0 saturated carbocycles. The predicted octanol–water partition coefficient (Wildman–Crippen LogP) is 6.34. The summed E-state index contributed by atoms with van der Waals surface area (Å²) in [7, 11) is 0. The van der Waals surface area contributed by atoms with Gasteiger partial charge in [0, 0.05) is 18.5 Å². The van der Waals surface area contributed by atoms with Gasteiger partial charge in [0.15, 0.2) is 6.10 Å². The molecule has 0 radical (unpaired) electrons. The number of carbonyl (C=O) groups is 4. The first-order valence-electron chi connectivity index (χ1n) is 14.5. The van der Waals surface area contributed by atoms with Crippen molar-refractivity contribution in [2.45, 2.75) is 54.9 Å². The van der Waals surface area contributed by atoms with E-state index in [0.717, 1.165) is 22.3 Å². The molecule has 0 aromatic heterocycles. The summed E-state index contributed by atoms with van der Waals surface area (Å²) in [6.45, 7) is 2.02. The molecule has 4 aliphatic rings. The van der Waals surface area contributed by atoms with Crippen LogP contribution in [0.15, 0.2) is 78.9 Å². The highest BCUT2D eigenvalue weighted by Gasteiger charge is 2.72. The Morgan fingerprint density at radius 3 is 1.71 bits per heavy atom. The lowest BCUT2D eigenvalue weighted by Crippen LogP contribution is -2.57. The number of nitrogens with zero attached hydrogens (tertiary/aromatic N) is 1. The fourth-order valence-corrected chi connectivity index (χ4v) is 8.09. The van der Waals surface area contributed by atoms with E-state index in [1.165, 1.54) is 4.90 Å². The number of alkyl halides is 2. The van der Waals surface area contributed by atoms with E-state index in [1.54, 1.807) is 31.2 Å². The molecule has 8 heteroatoms. The summed E-state index contributed by atoms with van der Waals surface area (Å²) < 4.78 is 5.47. The maximum atomic E-state index is 13.9. The lowest BCUT2D eigenvalue weighted by molar-refractivity contribution is -0.147. The van der Waals surface area contributed by atoms with Gasteiger partial charge in [-0.2, -0.15) is 0 Å². The minimum atomic E-state index is -1.19. The minimum absolute atomic E-state index is 0.145. The van der Waals surface area contributed by atoms with Gasteiger partial charge in [-0.15, -0.1) is 23.2 Å².